The molecule has 0 aliphatic carbocycles. The lowest BCUT2D eigenvalue weighted by Crippen LogP contribution is -2.14. The molecule has 0 saturated carbocycles. The molecule has 1 aromatic heterocycles. The van der Waals surface area contributed by atoms with Crippen molar-refractivity contribution in [1.29, 1.82) is 0 Å². The number of benzene rings is 1. The number of esters is 2. The van der Waals surface area contributed by atoms with E-state index in [-0.39, 0.29) is 11.4 Å². The van der Waals surface area contributed by atoms with Gasteiger partial charge in [0.25, 0.3) is 5.69 Å². The molecule has 0 radical (unpaired) electrons. The van der Waals surface area contributed by atoms with Gasteiger partial charge in [-0.25, -0.2) is 9.59 Å². The summed E-state index contributed by atoms with van der Waals surface area (Å²) in [6.45, 7) is -0.511. The first-order valence-electron chi connectivity index (χ1n) is 6.10. The number of hydrogen-bond donors (Lipinski definition) is 0. The number of nitrogens with zero attached hydrogens (tertiary/aromatic N) is 1. The maximum atomic E-state index is 11.6. The maximum Gasteiger partial charge on any atom is 0.374 e. The summed E-state index contributed by atoms with van der Waals surface area (Å²) in [5, 5.41) is 10.6. The van der Waals surface area contributed by atoms with E-state index in [0.29, 0.717) is 11.3 Å². The zero-order valence-electron chi connectivity index (χ0n) is 11.5. The third-order valence-electron chi connectivity index (χ3n) is 2.72. The molecule has 0 saturated heterocycles. The number of nitro groups is 1. The fourth-order valence-corrected chi connectivity index (χ4v) is 1.60. The predicted molar refractivity (Wildman–Crippen MR) is 73.1 cm³/mol. The zero-order chi connectivity index (χ0) is 16.1. The molecule has 114 valence electrons. The molecular weight excluding hydrogens is 294 g/mol. The maximum absolute atomic E-state index is 11.6. The van der Waals surface area contributed by atoms with Crippen molar-refractivity contribution in [3.8, 4) is 11.3 Å². The molecule has 0 fully saturated rings. The number of hydrogen-bond acceptors (Lipinski definition) is 7. The molecule has 2 rings (SSSR count). The monoisotopic (exact) mass is 305 g/mol. The van der Waals surface area contributed by atoms with Gasteiger partial charge in [-0.15, -0.1) is 0 Å². The second-order valence-corrected chi connectivity index (χ2v) is 4.12. The summed E-state index contributed by atoms with van der Waals surface area (Å²) >= 11 is 0. The lowest BCUT2D eigenvalue weighted by Gasteiger charge is -2.01. The van der Waals surface area contributed by atoms with Gasteiger partial charge in [-0.2, -0.15) is 0 Å². The molecule has 8 nitrogen and oxygen atoms in total. The first-order valence-corrected chi connectivity index (χ1v) is 6.10. The third kappa shape index (κ3) is 3.48. The standard InChI is InChI=1S/C14H11NO7/c1-20-13(16)8-21-14(17)12-7-6-11(22-12)9-2-4-10(5-3-9)15(18)19/h2-7H,8H2,1H3. The average molecular weight is 305 g/mol. The molecule has 0 N–H and O–H groups in total. The van der Waals surface area contributed by atoms with E-state index < -0.39 is 23.5 Å². The Morgan fingerprint density at radius 3 is 2.45 bits per heavy atom. The van der Waals surface area contributed by atoms with Gasteiger partial charge in [0.15, 0.2) is 6.61 Å². The van der Waals surface area contributed by atoms with Crippen molar-refractivity contribution in [2.24, 2.45) is 0 Å². The first-order chi connectivity index (χ1) is 10.5. The fourth-order valence-electron chi connectivity index (χ4n) is 1.60. The van der Waals surface area contributed by atoms with E-state index in [0.717, 1.165) is 0 Å². The van der Waals surface area contributed by atoms with Crippen molar-refractivity contribution in [3.63, 3.8) is 0 Å². The van der Waals surface area contributed by atoms with E-state index in [4.69, 9.17) is 4.42 Å². The minimum Gasteiger partial charge on any atom is -0.466 e. The molecule has 22 heavy (non-hydrogen) atoms. The Labute approximate surface area is 124 Å². The van der Waals surface area contributed by atoms with Crippen LogP contribution in [0.4, 0.5) is 5.69 Å². The van der Waals surface area contributed by atoms with E-state index in [1.54, 1.807) is 0 Å². The number of carbonyl (C=O) groups is 2. The number of non-ortho nitro benzene ring substituents is 1. The van der Waals surface area contributed by atoms with Crippen LogP contribution in [-0.4, -0.2) is 30.6 Å². The summed E-state index contributed by atoms with van der Waals surface area (Å²) in [7, 11) is 1.18. The Balaban J connectivity index is 2.09. The van der Waals surface area contributed by atoms with E-state index in [9.17, 15) is 19.7 Å². The molecule has 0 aliphatic rings. The number of furan rings is 1. The molecule has 0 amide bonds. The number of ether oxygens (including phenoxy) is 2. The van der Waals surface area contributed by atoms with Crippen molar-refractivity contribution in [2.75, 3.05) is 13.7 Å². The smallest absolute Gasteiger partial charge is 0.374 e. The summed E-state index contributed by atoms with van der Waals surface area (Å²) in [5.41, 5.74) is 0.519. The Kier molecular flexibility index (Phi) is 4.52. The molecule has 0 unspecified atom stereocenters. The van der Waals surface area contributed by atoms with Gasteiger partial charge in [0, 0.05) is 17.7 Å². The molecule has 8 heteroatoms. The molecule has 0 spiro atoms. The zero-order valence-corrected chi connectivity index (χ0v) is 11.5. The second kappa shape index (κ2) is 6.53. The average Bonchev–Trinajstić information content (AvgIpc) is 3.02. The van der Waals surface area contributed by atoms with Gasteiger partial charge in [0.1, 0.15) is 5.76 Å². The van der Waals surface area contributed by atoms with E-state index in [1.807, 2.05) is 0 Å². The molecule has 0 bridgehead atoms. The lowest BCUT2D eigenvalue weighted by atomic mass is 10.1. The Hall–Kier alpha value is -3.16. The van der Waals surface area contributed by atoms with Gasteiger partial charge in [0.2, 0.25) is 5.76 Å². The molecule has 1 aromatic carbocycles. The summed E-state index contributed by atoms with van der Waals surface area (Å²) in [6, 6.07) is 8.56. The van der Waals surface area contributed by atoms with Gasteiger partial charge >= 0.3 is 11.9 Å². The summed E-state index contributed by atoms with van der Waals surface area (Å²) in [6.07, 6.45) is 0. The van der Waals surface area contributed by atoms with Crippen molar-refractivity contribution >= 4 is 17.6 Å². The Morgan fingerprint density at radius 1 is 1.18 bits per heavy atom. The molecule has 0 atom stereocenters. The summed E-state index contributed by atoms with van der Waals surface area (Å²) < 4.78 is 14.3. The van der Waals surface area contributed by atoms with Crippen LogP contribution in [0.2, 0.25) is 0 Å². The molecule has 0 aliphatic heterocycles. The van der Waals surface area contributed by atoms with Gasteiger partial charge in [-0.05, 0) is 24.3 Å². The number of methoxy groups -OCH3 is 1. The fraction of sp³-hybridized carbons (Fsp3) is 0.143. The van der Waals surface area contributed by atoms with E-state index in [1.165, 1.54) is 43.5 Å². The van der Waals surface area contributed by atoms with E-state index in [2.05, 4.69) is 9.47 Å². The van der Waals surface area contributed by atoms with Crippen molar-refractivity contribution in [3.05, 3.63) is 52.3 Å². The van der Waals surface area contributed by atoms with Crippen LogP contribution in [0.25, 0.3) is 11.3 Å². The van der Waals surface area contributed by atoms with Crippen molar-refractivity contribution in [2.45, 2.75) is 0 Å². The molecule has 2 aromatic rings. The highest BCUT2D eigenvalue weighted by Gasteiger charge is 2.16. The Bertz CT molecular complexity index is 702. The van der Waals surface area contributed by atoms with Crippen molar-refractivity contribution in [1.82, 2.24) is 0 Å². The summed E-state index contributed by atoms with van der Waals surface area (Å²) in [4.78, 5) is 32.6. The van der Waals surface area contributed by atoms with Crippen molar-refractivity contribution < 1.29 is 28.4 Å². The molecule has 1 heterocycles. The normalized spacial score (nSPS) is 10.0. The van der Waals surface area contributed by atoms with Crippen LogP contribution in [-0.2, 0) is 14.3 Å². The van der Waals surface area contributed by atoms with Crippen LogP contribution in [0.15, 0.2) is 40.8 Å². The lowest BCUT2D eigenvalue weighted by molar-refractivity contribution is -0.384. The minimum absolute atomic E-state index is 0.0481. The third-order valence-corrected chi connectivity index (χ3v) is 2.72. The Morgan fingerprint density at radius 2 is 1.86 bits per heavy atom. The van der Waals surface area contributed by atoms with Gasteiger partial charge in [-0.1, -0.05) is 0 Å². The summed E-state index contributed by atoms with van der Waals surface area (Å²) in [5.74, 6) is -1.23. The first kappa shape index (κ1) is 15.2. The van der Waals surface area contributed by atoms with Crippen LogP contribution in [0, 0.1) is 10.1 Å². The largest absolute Gasteiger partial charge is 0.466 e. The van der Waals surface area contributed by atoms with Gasteiger partial charge in [0.05, 0.1) is 12.0 Å². The van der Waals surface area contributed by atoms with Crippen LogP contribution < -0.4 is 0 Å². The number of nitro benzene ring substituents is 1. The van der Waals surface area contributed by atoms with Crippen LogP contribution in [0.5, 0.6) is 0 Å². The predicted octanol–water partition coefficient (Wildman–Crippen LogP) is 2.18. The van der Waals surface area contributed by atoms with Crippen LogP contribution in [0.3, 0.4) is 0 Å². The van der Waals surface area contributed by atoms with Crippen LogP contribution in [0.1, 0.15) is 10.6 Å². The van der Waals surface area contributed by atoms with E-state index >= 15 is 0 Å². The number of carbonyl (C=O) groups excluding carboxylic acids is 2. The molecular formula is C14H11NO7. The van der Waals surface area contributed by atoms with Gasteiger partial charge < -0.3 is 13.9 Å². The van der Waals surface area contributed by atoms with Crippen LogP contribution >= 0.6 is 0 Å². The topological polar surface area (TPSA) is 109 Å². The highest BCUT2D eigenvalue weighted by atomic mass is 16.6. The second-order valence-electron chi connectivity index (χ2n) is 4.12. The quantitative estimate of drug-likeness (QED) is 0.473. The highest BCUT2D eigenvalue weighted by Crippen LogP contribution is 2.24. The van der Waals surface area contributed by atoms with Gasteiger partial charge in [-0.3, -0.25) is 10.1 Å². The minimum atomic E-state index is -0.807. The SMILES string of the molecule is COC(=O)COC(=O)c1ccc(-c2ccc([N+](=O)[O-])cc2)o1. The highest BCUT2D eigenvalue weighted by molar-refractivity contribution is 5.88. The number of rotatable bonds is 5.